The van der Waals surface area contributed by atoms with Crippen LogP contribution in [0.25, 0.3) is 0 Å². The van der Waals surface area contributed by atoms with Crippen molar-refractivity contribution >= 4 is 23.4 Å². The van der Waals surface area contributed by atoms with E-state index in [0.29, 0.717) is 5.69 Å². The summed E-state index contributed by atoms with van der Waals surface area (Å²) >= 11 is 0. The Kier molecular flexibility index (Phi) is 5.22. The van der Waals surface area contributed by atoms with E-state index in [0.717, 1.165) is 0 Å². The molecule has 0 radical (unpaired) electrons. The van der Waals surface area contributed by atoms with Gasteiger partial charge in [0, 0.05) is 22.9 Å². The molecular weight excluding hydrogens is 260 g/mol. The Morgan fingerprint density at radius 1 is 1.05 bits per heavy atom. The quantitative estimate of drug-likeness (QED) is 0.575. The van der Waals surface area contributed by atoms with Crippen LogP contribution in [-0.2, 0) is 4.79 Å². The van der Waals surface area contributed by atoms with E-state index in [9.17, 15) is 14.4 Å². The molecule has 0 aliphatic heterocycles. The minimum absolute atomic E-state index is 0.105. The van der Waals surface area contributed by atoms with Crippen LogP contribution >= 0.6 is 0 Å². The molecule has 0 fully saturated rings. The average Bonchev–Trinajstić information content (AvgIpc) is 2.35. The van der Waals surface area contributed by atoms with Crippen LogP contribution < -0.4 is 22.1 Å². The van der Waals surface area contributed by atoms with E-state index in [4.69, 9.17) is 11.5 Å². The molecule has 7 heteroatoms. The Balaban J connectivity index is 2.91. The van der Waals surface area contributed by atoms with Crippen LogP contribution in [0.4, 0.5) is 5.69 Å². The Bertz CT molecular complexity index is 508. The Labute approximate surface area is 116 Å². The van der Waals surface area contributed by atoms with E-state index in [1.54, 1.807) is 0 Å². The fraction of sp³-hybridized carbons (Fsp3) is 0.308. The first-order chi connectivity index (χ1) is 9.29. The van der Waals surface area contributed by atoms with Gasteiger partial charge in [0.05, 0.1) is 6.54 Å². The molecular formula is C13H18N4O3. The molecule has 108 valence electrons. The first-order valence-corrected chi connectivity index (χ1v) is 6.07. The number of hydrogen-bond donors (Lipinski definition) is 4. The molecule has 0 bridgehead atoms. The standard InChI is InChI=1S/C13H18N4O3/c1-7(2)16-6-11(18)17-10-4-8(12(14)19)3-9(5-10)13(15)20/h3-5,7,16H,6H2,1-2H3,(H2,14,19)(H2,15,20)(H,17,18). The highest BCUT2D eigenvalue weighted by Crippen LogP contribution is 2.14. The summed E-state index contributed by atoms with van der Waals surface area (Å²) in [6.45, 7) is 3.93. The third kappa shape index (κ3) is 4.69. The first-order valence-electron chi connectivity index (χ1n) is 6.07. The molecule has 1 aromatic carbocycles. The van der Waals surface area contributed by atoms with Crippen LogP contribution in [0.2, 0.25) is 0 Å². The fourth-order valence-electron chi connectivity index (χ4n) is 1.49. The first kappa shape index (κ1) is 15.6. The maximum absolute atomic E-state index is 11.7. The van der Waals surface area contributed by atoms with Crippen molar-refractivity contribution in [1.82, 2.24) is 5.32 Å². The maximum Gasteiger partial charge on any atom is 0.248 e. The number of primary amides is 2. The van der Waals surface area contributed by atoms with Crippen LogP contribution in [0.1, 0.15) is 34.6 Å². The van der Waals surface area contributed by atoms with Gasteiger partial charge >= 0.3 is 0 Å². The van der Waals surface area contributed by atoms with Gasteiger partial charge in [-0.25, -0.2) is 0 Å². The minimum Gasteiger partial charge on any atom is -0.366 e. The van der Waals surface area contributed by atoms with Gasteiger partial charge in [-0.15, -0.1) is 0 Å². The summed E-state index contributed by atoms with van der Waals surface area (Å²) in [5, 5.41) is 5.52. The number of carbonyl (C=O) groups excluding carboxylic acids is 3. The summed E-state index contributed by atoms with van der Waals surface area (Å²) in [4.78, 5) is 34.0. The number of anilines is 1. The lowest BCUT2D eigenvalue weighted by Crippen LogP contribution is -2.32. The zero-order valence-electron chi connectivity index (χ0n) is 11.4. The molecule has 7 nitrogen and oxygen atoms in total. The van der Waals surface area contributed by atoms with Gasteiger partial charge in [0.15, 0.2) is 0 Å². The van der Waals surface area contributed by atoms with E-state index in [1.807, 2.05) is 13.8 Å². The minimum atomic E-state index is -0.705. The lowest BCUT2D eigenvalue weighted by molar-refractivity contribution is -0.115. The largest absolute Gasteiger partial charge is 0.366 e. The fourth-order valence-corrected chi connectivity index (χ4v) is 1.49. The van der Waals surface area contributed by atoms with Crippen LogP contribution in [0, 0.1) is 0 Å². The normalized spacial score (nSPS) is 10.3. The number of carbonyl (C=O) groups is 3. The molecule has 0 spiro atoms. The maximum atomic E-state index is 11.7. The number of rotatable bonds is 6. The van der Waals surface area contributed by atoms with Crippen molar-refractivity contribution in [1.29, 1.82) is 0 Å². The summed E-state index contributed by atoms with van der Waals surface area (Å²) in [5.41, 5.74) is 10.8. The van der Waals surface area contributed by atoms with Gasteiger partial charge in [-0.2, -0.15) is 0 Å². The third-order valence-corrected chi connectivity index (χ3v) is 2.46. The van der Waals surface area contributed by atoms with E-state index >= 15 is 0 Å². The van der Waals surface area contributed by atoms with E-state index < -0.39 is 11.8 Å². The zero-order chi connectivity index (χ0) is 15.3. The van der Waals surface area contributed by atoms with Gasteiger partial charge in [0.2, 0.25) is 17.7 Å². The number of amides is 3. The molecule has 0 aromatic heterocycles. The van der Waals surface area contributed by atoms with Gasteiger partial charge in [-0.3, -0.25) is 14.4 Å². The second kappa shape index (κ2) is 6.67. The topological polar surface area (TPSA) is 127 Å². The van der Waals surface area contributed by atoms with Crippen molar-refractivity contribution < 1.29 is 14.4 Å². The second-order valence-corrected chi connectivity index (χ2v) is 4.61. The number of benzene rings is 1. The Morgan fingerprint density at radius 2 is 1.55 bits per heavy atom. The lowest BCUT2D eigenvalue weighted by atomic mass is 10.1. The summed E-state index contributed by atoms with van der Waals surface area (Å²) in [7, 11) is 0. The van der Waals surface area contributed by atoms with Crippen molar-refractivity contribution in [2.24, 2.45) is 11.5 Å². The molecule has 20 heavy (non-hydrogen) atoms. The molecule has 0 saturated heterocycles. The third-order valence-electron chi connectivity index (χ3n) is 2.46. The van der Waals surface area contributed by atoms with Crippen molar-refractivity contribution in [3.05, 3.63) is 29.3 Å². The smallest absolute Gasteiger partial charge is 0.248 e. The van der Waals surface area contributed by atoms with Crippen LogP contribution in [0.15, 0.2) is 18.2 Å². The molecule has 0 aliphatic rings. The molecule has 0 aliphatic carbocycles. The summed E-state index contributed by atoms with van der Waals surface area (Å²) in [5.74, 6) is -1.71. The Morgan fingerprint density at radius 3 is 1.95 bits per heavy atom. The van der Waals surface area contributed by atoms with Crippen molar-refractivity contribution in [2.75, 3.05) is 11.9 Å². The van der Waals surface area contributed by atoms with Gasteiger partial charge in [0.1, 0.15) is 0 Å². The molecule has 0 heterocycles. The average molecular weight is 278 g/mol. The van der Waals surface area contributed by atoms with E-state index in [1.165, 1.54) is 18.2 Å². The molecule has 3 amide bonds. The molecule has 1 aromatic rings. The van der Waals surface area contributed by atoms with Crippen LogP contribution in [0.3, 0.4) is 0 Å². The van der Waals surface area contributed by atoms with Crippen molar-refractivity contribution in [3.63, 3.8) is 0 Å². The van der Waals surface area contributed by atoms with Gasteiger partial charge in [0.25, 0.3) is 0 Å². The van der Waals surface area contributed by atoms with Gasteiger partial charge in [-0.05, 0) is 18.2 Å². The molecule has 6 N–H and O–H groups in total. The Hall–Kier alpha value is -2.41. The zero-order valence-corrected chi connectivity index (χ0v) is 11.4. The predicted octanol–water partition coefficient (Wildman–Crippen LogP) is -0.179. The highest BCUT2D eigenvalue weighted by atomic mass is 16.2. The lowest BCUT2D eigenvalue weighted by Gasteiger charge is -2.10. The summed E-state index contributed by atoms with van der Waals surface area (Å²) in [6, 6.07) is 4.23. The van der Waals surface area contributed by atoms with Crippen LogP contribution in [0.5, 0.6) is 0 Å². The van der Waals surface area contributed by atoms with E-state index in [2.05, 4.69) is 10.6 Å². The predicted molar refractivity (Wildman–Crippen MR) is 75.2 cm³/mol. The van der Waals surface area contributed by atoms with Crippen LogP contribution in [-0.4, -0.2) is 30.3 Å². The summed E-state index contributed by atoms with van der Waals surface area (Å²) in [6.07, 6.45) is 0. The monoisotopic (exact) mass is 278 g/mol. The van der Waals surface area contributed by atoms with Gasteiger partial charge < -0.3 is 22.1 Å². The summed E-state index contributed by atoms with van der Waals surface area (Å²) < 4.78 is 0. The highest BCUT2D eigenvalue weighted by molar-refractivity contribution is 6.01. The molecule has 1 rings (SSSR count). The highest BCUT2D eigenvalue weighted by Gasteiger charge is 2.11. The van der Waals surface area contributed by atoms with Crippen molar-refractivity contribution in [2.45, 2.75) is 19.9 Å². The van der Waals surface area contributed by atoms with Gasteiger partial charge in [-0.1, -0.05) is 13.8 Å². The molecule has 0 saturated carbocycles. The number of nitrogens with one attached hydrogen (secondary N) is 2. The SMILES string of the molecule is CC(C)NCC(=O)Nc1cc(C(N)=O)cc(C(N)=O)c1. The molecule has 0 unspecified atom stereocenters. The van der Waals surface area contributed by atoms with E-state index in [-0.39, 0.29) is 29.6 Å². The number of nitrogens with two attached hydrogens (primary N) is 2. The molecule has 0 atom stereocenters. The van der Waals surface area contributed by atoms with Crippen molar-refractivity contribution in [3.8, 4) is 0 Å². The number of hydrogen-bond acceptors (Lipinski definition) is 4. The second-order valence-electron chi connectivity index (χ2n) is 4.61.